The van der Waals surface area contributed by atoms with E-state index in [4.69, 9.17) is 23.6 Å². The fraction of sp³-hybridized carbons (Fsp3) is 0.703. The number of carbonyl (C=O) groups excluding carboxylic acids is 1. The van der Waals surface area contributed by atoms with Crippen LogP contribution in [0, 0.1) is 0 Å². The molecule has 0 bridgehead atoms. The molecular formula is C37H65O9P. The molecule has 0 aromatic rings. The smallest absolute Gasteiger partial charge is 0.457 e. The van der Waals surface area contributed by atoms with Crippen LogP contribution in [0.25, 0.3) is 0 Å². The molecule has 0 aromatic carbocycles. The molecule has 10 heteroatoms. The molecule has 3 unspecified atom stereocenters. The van der Waals surface area contributed by atoms with Crippen LogP contribution in [0.4, 0.5) is 0 Å². The first kappa shape index (κ1) is 45.2. The second-order valence-electron chi connectivity index (χ2n) is 11.5. The zero-order valence-electron chi connectivity index (χ0n) is 29.2. The molecule has 0 aliphatic carbocycles. The lowest BCUT2D eigenvalue weighted by Crippen LogP contribution is -2.29. The number of phosphoric ester groups is 1. The van der Waals surface area contributed by atoms with Gasteiger partial charge < -0.3 is 24.6 Å². The van der Waals surface area contributed by atoms with Crippen LogP contribution in [0.2, 0.25) is 0 Å². The van der Waals surface area contributed by atoms with Gasteiger partial charge in [-0.25, -0.2) is 4.57 Å². The van der Waals surface area contributed by atoms with E-state index >= 15 is 0 Å². The Kier molecular flexibility index (Phi) is 32.7. The number of carbonyl (C=O) groups is 1. The van der Waals surface area contributed by atoms with Gasteiger partial charge in [0, 0.05) is 13.0 Å². The van der Waals surface area contributed by atoms with Crippen LogP contribution in [0.15, 0.2) is 60.8 Å². The highest BCUT2D eigenvalue weighted by Gasteiger charge is 2.26. The van der Waals surface area contributed by atoms with Gasteiger partial charge in [0.1, 0.15) is 12.2 Å². The predicted molar refractivity (Wildman–Crippen MR) is 191 cm³/mol. The molecule has 0 aliphatic rings. The van der Waals surface area contributed by atoms with Crippen molar-refractivity contribution >= 4 is 13.8 Å². The van der Waals surface area contributed by atoms with Gasteiger partial charge in [0.25, 0.3) is 0 Å². The van der Waals surface area contributed by atoms with Crippen molar-refractivity contribution in [1.29, 1.82) is 0 Å². The van der Waals surface area contributed by atoms with E-state index in [0.29, 0.717) is 13.0 Å². The molecule has 0 aliphatic heterocycles. The summed E-state index contributed by atoms with van der Waals surface area (Å²) in [5.74, 6) is -0.468. The zero-order chi connectivity index (χ0) is 34.7. The van der Waals surface area contributed by atoms with E-state index in [2.05, 4.69) is 62.5 Å². The molecule has 3 atom stereocenters. The summed E-state index contributed by atoms with van der Waals surface area (Å²) >= 11 is 0. The average molecular weight is 685 g/mol. The summed E-state index contributed by atoms with van der Waals surface area (Å²) in [4.78, 5) is 22.4. The molecule has 0 amide bonds. The van der Waals surface area contributed by atoms with E-state index in [1.165, 1.54) is 44.9 Å². The number of esters is 1. The summed E-state index contributed by atoms with van der Waals surface area (Å²) in [6.45, 7) is 3.23. The number of allylic oxidation sites excluding steroid dienone is 10. The molecule has 0 fully saturated rings. The maximum absolute atomic E-state index is 12.5. The lowest BCUT2D eigenvalue weighted by atomic mass is 10.1. The van der Waals surface area contributed by atoms with Crippen LogP contribution >= 0.6 is 7.82 Å². The monoisotopic (exact) mass is 684 g/mol. The quantitative estimate of drug-likeness (QED) is 0.0268. The Morgan fingerprint density at radius 2 is 1.21 bits per heavy atom. The van der Waals surface area contributed by atoms with Gasteiger partial charge in [-0.15, -0.1) is 0 Å². The minimum absolute atomic E-state index is 0.0135. The third kappa shape index (κ3) is 33.8. The molecule has 0 saturated carbocycles. The van der Waals surface area contributed by atoms with Gasteiger partial charge in [-0.1, -0.05) is 113 Å². The fourth-order valence-electron chi connectivity index (χ4n) is 4.24. The van der Waals surface area contributed by atoms with Crippen molar-refractivity contribution in [2.45, 2.75) is 135 Å². The van der Waals surface area contributed by atoms with Crippen LogP contribution in [-0.2, 0) is 27.9 Å². The van der Waals surface area contributed by atoms with Crippen LogP contribution < -0.4 is 0 Å². The number of aliphatic hydroxyl groups excluding tert-OH is 2. The number of aliphatic hydroxyl groups is 2. The average Bonchev–Trinajstić information content (AvgIpc) is 3.06. The summed E-state index contributed by atoms with van der Waals surface area (Å²) in [5, 5.41) is 18.2. The molecule has 0 aromatic heterocycles. The Morgan fingerprint density at radius 1 is 0.681 bits per heavy atom. The molecule has 47 heavy (non-hydrogen) atoms. The number of hydrogen-bond donors (Lipinski definition) is 3. The van der Waals surface area contributed by atoms with Crippen molar-refractivity contribution in [1.82, 2.24) is 0 Å². The first-order valence-corrected chi connectivity index (χ1v) is 19.3. The van der Waals surface area contributed by atoms with Crippen LogP contribution in [-0.4, -0.2) is 66.3 Å². The summed E-state index contributed by atoms with van der Waals surface area (Å²) in [6, 6.07) is 0. The number of rotatable bonds is 33. The first-order chi connectivity index (χ1) is 22.8. The number of hydrogen-bond acceptors (Lipinski definition) is 8. The van der Waals surface area contributed by atoms with Crippen LogP contribution in [0.1, 0.15) is 123 Å². The molecule has 272 valence electrons. The van der Waals surface area contributed by atoms with E-state index < -0.39 is 45.8 Å². The van der Waals surface area contributed by atoms with Crippen LogP contribution in [0.5, 0.6) is 0 Å². The lowest BCUT2D eigenvalue weighted by molar-refractivity contribution is -0.154. The van der Waals surface area contributed by atoms with Gasteiger partial charge in [0.15, 0.2) is 0 Å². The van der Waals surface area contributed by atoms with E-state index in [-0.39, 0.29) is 13.0 Å². The summed E-state index contributed by atoms with van der Waals surface area (Å²) in [7, 11) is -4.53. The largest absolute Gasteiger partial charge is 0.472 e. The lowest BCUT2D eigenvalue weighted by Gasteiger charge is -2.20. The molecular weight excluding hydrogens is 619 g/mol. The van der Waals surface area contributed by atoms with Crippen molar-refractivity contribution in [2.24, 2.45) is 0 Å². The summed E-state index contributed by atoms with van der Waals surface area (Å²) < 4.78 is 33.0. The van der Waals surface area contributed by atoms with Gasteiger partial charge in [-0.05, 0) is 64.2 Å². The Balaban J connectivity index is 4.41. The highest BCUT2D eigenvalue weighted by molar-refractivity contribution is 7.47. The Morgan fingerprint density at radius 3 is 1.83 bits per heavy atom. The number of ether oxygens (including phenoxy) is 2. The Bertz CT molecular complexity index is 914. The van der Waals surface area contributed by atoms with Crippen molar-refractivity contribution in [3.05, 3.63) is 60.8 Å². The summed E-state index contributed by atoms with van der Waals surface area (Å²) in [5.41, 5.74) is 0. The van der Waals surface area contributed by atoms with Gasteiger partial charge in [-0.3, -0.25) is 13.8 Å². The summed E-state index contributed by atoms with van der Waals surface area (Å²) in [6.07, 6.45) is 36.3. The highest BCUT2D eigenvalue weighted by Crippen LogP contribution is 2.43. The molecule has 0 saturated heterocycles. The number of unbranched alkanes of at least 4 members (excludes halogenated alkanes) is 9. The number of phosphoric acid groups is 1. The minimum Gasteiger partial charge on any atom is -0.457 e. The highest BCUT2D eigenvalue weighted by atomic mass is 31.2. The molecule has 0 heterocycles. The predicted octanol–water partition coefficient (Wildman–Crippen LogP) is 8.85. The van der Waals surface area contributed by atoms with E-state index in [1.54, 1.807) is 0 Å². The van der Waals surface area contributed by atoms with Gasteiger partial charge in [0.2, 0.25) is 0 Å². The maximum atomic E-state index is 12.5. The van der Waals surface area contributed by atoms with Crippen molar-refractivity contribution < 1.29 is 43.0 Å². The second-order valence-corrected chi connectivity index (χ2v) is 13.0. The Labute approximate surface area is 285 Å². The topological polar surface area (TPSA) is 132 Å². The van der Waals surface area contributed by atoms with Gasteiger partial charge in [-0.2, -0.15) is 0 Å². The van der Waals surface area contributed by atoms with Crippen molar-refractivity contribution in [3.63, 3.8) is 0 Å². The third-order valence-electron chi connectivity index (χ3n) is 6.95. The third-order valence-corrected chi connectivity index (χ3v) is 7.90. The molecule has 9 nitrogen and oxygen atoms in total. The van der Waals surface area contributed by atoms with Gasteiger partial charge >= 0.3 is 13.8 Å². The van der Waals surface area contributed by atoms with E-state index in [0.717, 1.165) is 51.4 Å². The second kappa shape index (κ2) is 34.0. The van der Waals surface area contributed by atoms with Crippen molar-refractivity contribution in [2.75, 3.05) is 33.0 Å². The maximum Gasteiger partial charge on any atom is 0.472 e. The molecule has 0 rings (SSSR count). The molecule has 3 N–H and O–H groups in total. The van der Waals surface area contributed by atoms with Crippen LogP contribution in [0.3, 0.4) is 0 Å². The first-order valence-electron chi connectivity index (χ1n) is 17.8. The van der Waals surface area contributed by atoms with Crippen molar-refractivity contribution in [3.8, 4) is 0 Å². The Hall–Kier alpha value is -1.84. The zero-order valence-corrected chi connectivity index (χ0v) is 30.1. The standard InChI is InChI=1S/C37H65O9P/c1-3-5-7-9-11-13-15-17-19-21-23-25-27-29-37(40)46-36(34-45-47(41,42)44-32-35(39)31-38)33-43-30-28-26-24-22-20-18-16-14-12-10-8-6-4-2/h5,7,11-14,17,19,23,25,35-36,38-39H,3-4,6,8-10,15-16,18,20-22,24,26-34H2,1-2H3,(H,41,42)/b7-5-,13-11-,14-12-,19-17-,25-23-. The SMILES string of the molecule is CC/C=C\C/C=C\C/C=C\C/C=C\CCC(=O)OC(COCCCCCCCC/C=C\CCCCC)COP(=O)(O)OCC(O)CO. The fourth-order valence-corrected chi connectivity index (χ4v) is 5.03. The van der Waals surface area contributed by atoms with E-state index in [9.17, 15) is 19.4 Å². The normalized spacial score (nSPS) is 15.1. The minimum atomic E-state index is -4.53. The van der Waals surface area contributed by atoms with Gasteiger partial charge in [0.05, 0.1) is 26.4 Å². The molecule has 0 spiro atoms. The molecule has 0 radical (unpaired) electrons. The van der Waals surface area contributed by atoms with E-state index in [1.807, 2.05) is 12.2 Å².